The lowest BCUT2D eigenvalue weighted by molar-refractivity contribution is 0.586. The molecule has 0 rings (SSSR count). The summed E-state index contributed by atoms with van der Waals surface area (Å²) in [5, 5.41) is 6.28. The van der Waals surface area contributed by atoms with E-state index in [4.69, 9.17) is 0 Å². The first-order valence-electron chi connectivity index (χ1n) is 8.46. The van der Waals surface area contributed by atoms with Gasteiger partial charge in [0, 0.05) is 26.2 Å². The largest absolute Gasteiger partial charge is 0.357 e. The van der Waals surface area contributed by atoms with Crippen molar-refractivity contribution in [2.24, 2.45) is 4.99 Å². The molecule has 0 aliphatic heterocycles. The molecule has 0 saturated carbocycles. The minimum absolute atomic E-state index is 0.362. The van der Waals surface area contributed by atoms with E-state index in [0.29, 0.717) is 13.1 Å². The van der Waals surface area contributed by atoms with Crippen molar-refractivity contribution in [3.05, 3.63) is 0 Å². The second kappa shape index (κ2) is 13.8. The van der Waals surface area contributed by atoms with Gasteiger partial charge in [0.15, 0.2) is 5.96 Å². The molecule has 0 aliphatic rings. The van der Waals surface area contributed by atoms with Gasteiger partial charge in [-0.25, -0.2) is 13.1 Å². The molecule has 0 fully saturated rings. The van der Waals surface area contributed by atoms with Crippen molar-refractivity contribution in [3.8, 4) is 0 Å². The number of nitrogens with zero attached hydrogens (tertiary/aromatic N) is 1. The Kier molecular flexibility index (Phi) is 13.3. The molecule has 22 heavy (non-hydrogen) atoms. The maximum Gasteiger partial charge on any atom is 0.208 e. The van der Waals surface area contributed by atoms with Gasteiger partial charge in [-0.1, -0.05) is 45.4 Å². The number of unbranched alkanes of at least 4 members (excludes halogenated alkanes) is 6. The Labute approximate surface area is 136 Å². The van der Waals surface area contributed by atoms with Crippen LogP contribution in [0.15, 0.2) is 4.99 Å². The van der Waals surface area contributed by atoms with Gasteiger partial charge in [-0.2, -0.15) is 0 Å². The summed E-state index contributed by atoms with van der Waals surface area (Å²) in [5.41, 5.74) is 0. The zero-order valence-electron chi connectivity index (χ0n) is 14.5. The predicted octanol–water partition coefficient (Wildman–Crippen LogP) is 1.84. The Bertz CT molecular complexity index is 383. The molecule has 0 spiro atoms. The molecule has 0 bridgehead atoms. The summed E-state index contributed by atoms with van der Waals surface area (Å²) in [6.07, 6.45) is 10.1. The van der Waals surface area contributed by atoms with Gasteiger partial charge in [0.05, 0.1) is 6.26 Å². The number of hydrogen-bond donors (Lipinski definition) is 3. The van der Waals surface area contributed by atoms with Crippen LogP contribution in [0.1, 0.15) is 58.8 Å². The number of sulfonamides is 1. The fraction of sp³-hybridized carbons (Fsp3) is 0.933. The van der Waals surface area contributed by atoms with Crippen LogP contribution in [0, 0.1) is 0 Å². The van der Waals surface area contributed by atoms with Crippen LogP contribution in [-0.4, -0.2) is 46.8 Å². The van der Waals surface area contributed by atoms with Crippen molar-refractivity contribution in [2.45, 2.75) is 58.8 Å². The third-order valence-electron chi connectivity index (χ3n) is 3.16. The van der Waals surface area contributed by atoms with Crippen LogP contribution in [0.3, 0.4) is 0 Å². The van der Waals surface area contributed by atoms with Gasteiger partial charge >= 0.3 is 0 Å². The van der Waals surface area contributed by atoms with Crippen LogP contribution in [0.2, 0.25) is 0 Å². The average Bonchev–Trinajstić information content (AvgIpc) is 2.45. The molecule has 0 amide bonds. The van der Waals surface area contributed by atoms with Crippen LogP contribution < -0.4 is 15.4 Å². The zero-order chi connectivity index (χ0) is 16.7. The minimum atomic E-state index is -3.12. The molecule has 0 heterocycles. The third-order valence-corrected chi connectivity index (χ3v) is 3.89. The summed E-state index contributed by atoms with van der Waals surface area (Å²) in [6.45, 7) is 6.73. The van der Waals surface area contributed by atoms with Crippen LogP contribution in [-0.2, 0) is 10.0 Å². The number of nitrogens with one attached hydrogen (secondary N) is 3. The van der Waals surface area contributed by atoms with Crippen molar-refractivity contribution in [1.29, 1.82) is 0 Å². The van der Waals surface area contributed by atoms with Crippen molar-refractivity contribution in [1.82, 2.24) is 15.4 Å². The number of guanidine groups is 1. The first-order chi connectivity index (χ1) is 10.5. The quantitative estimate of drug-likeness (QED) is 0.273. The van der Waals surface area contributed by atoms with Crippen molar-refractivity contribution in [3.63, 3.8) is 0 Å². The number of aliphatic imine (C=N–C) groups is 1. The van der Waals surface area contributed by atoms with Crippen molar-refractivity contribution >= 4 is 16.0 Å². The molecular weight excluding hydrogens is 300 g/mol. The highest BCUT2D eigenvalue weighted by atomic mass is 32.2. The van der Waals surface area contributed by atoms with Gasteiger partial charge in [0.1, 0.15) is 0 Å². The van der Waals surface area contributed by atoms with E-state index in [2.05, 4.69) is 27.3 Å². The van der Waals surface area contributed by atoms with Gasteiger partial charge in [-0.05, 0) is 13.3 Å². The standard InChI is InChI=1S/C15H34N4O2S/c1-4-6-7-8-9-10-11-12-17-15(16-5-2)18-13-14-19-22(3,20)21/h19H,4-14H2,1-3H3,(H2,16,17,18). The summed E-state index contributed by atoms with van der Waals surface area (Å²) >= 11 is 0. The highest BCUT2D eigenvalue weighted by Crippen LogP contribution is 2.06. The highest BCUT2D eigenvalue weighted by molar-refractivity contribution is 7.88. The predicted molar refractivity (Wildman–Crippen MR) is 94.8 cm³/mol. The van der Waals surface area contributed by atoms with Crippen LogP contribution >= 0.6 is 0 Å². The lowest BCUT2D eigenvalue weighted by Gasteiger charge is -2.11. The molecule has 0 aromatic rings. The second-order valence-electron chi connectivity index (χ2n) is 5.48. The number of hydrogen-bond acceptors (Lipinski definition) is 3. The lowest BCUT2D eigenvalue weighted by Crippen LogP contribution is -2.41. The number of rotatable bonds is 13. The van der Waals surface area contributed by atoms with Gasteiger partial charge < -0.3 is 10.6 Å². The second-order valence-corrected chi connectivity index (χ2v) is 7.31. The minimum Gasteiger partial charge on any atom is -0.357 e. The summed E-state index contributed by atoms with van der Waals surface area (Å²) in [7, 11) is -3.12. The molecule has 0 atom stereocenters. The van der Waals surface area contributed by atoms with Crippen LogP contribution in [0.25, 0.3) is 0 Å². The van der Waals surface area contributed by atoms with E-state index < -0.39 is 10.0 Å². The molecule has 7 heteroatoms. The van der Waals surface area contributed by atoms with E-state index in [9.17, 15) is 8.42 Å². The van der Waals surface area contributed by atoms with E-state index in [0.717, 1.165) is 31.7 Å². The monoisotopic (exact) mass is 334 g/mol. The Morgan fingerprint density at radius 3 is 2.14 bits per heavy atom. The Hall–Kier alpha value is -0.820. The van der Waals surface area contributed by atoms with Gasteiger partial charge in [0.25, 0.3) is 0 Å². The van der Waals surface area contributed by atoms with Crippen molar-refractivity contribution < 1.29 is 8.42 Å². The topological polar surface area (TPSA) is 82.6 Å². The molecule has 132 valence electrons. The highest BCUT2D eigenvalue weighted by Gasteiger charge is 2.00. The normalized spacial score (nSPS) is 12.4. The van der Waals surface area contributed by atoms with Crippen LogP contribution in [0.4, 0.5) is 0 Å². The SMILES string of the molecule is CCCCCCCCCN=C(NCC)NCCNS(C)(=O)=O. The molecule has 0 aromatic heterocycles. The first kappa shape index (κ1) is 21.2. The molecule has 0 unspecified atom stereocenters. The van der Waals surface area contributed by atoms with Gasteiger partial charge in [0.2, 0.25) is 10.0 Å². The van der Waals surface area contributed by atoms with E-state index in [1.165, 1.54) is 38.5 Å². The summed E-state index contributed by atoms with van der Waals surface area (Å²) in [6, 6.07) is 0. The van der Waals surface area contributed by atoms with E-state index in [1.807, 2.05) is 6.92 Å². The summed E-state index contributed by atoms with van der Waals surface area (Å²) in [5.74, 6) is 0.754. The van der Waals surface area contributed by atoms with Gasteiger partial charge in [-0.15, -0.1) is 0 Å². The van der Waals surface area contributed by atoms with E-state index in [-0.39, 0.29) is 0 Å². The Balaban J connectivity index is 3.76. The van der Waals surface area contributed by atoms with Crippen molar-refractivity contribution in [2.75, 3.05) is 32.4 Å². The van der Waals surface area contributed by atoms with E-state index >= 15 is 0 Å². The average molecular weight is 335 g/mol. The van der Waals surface area contributed by atoms with Crippen LogP contribution in [0.5, 0.6) is 0 Å². The summed E-state index contributed by atoms with van der Waals surface area (Å²) in [4.78, 5) is 4.50. The molecule has 6 nitrogen and oxygen atoms in total. The molecule has 0 aliphatic carbocycles. The zero-order valence-corrected chi connectivity index (χ0v) is 15.3. The van der Waals surface area contributed by atoms with E-state index in [1.54, 1.807) is 0 Å². The molecular formula is C15H34N4O2S. The summed E-state index contributed by atoms with van der Waals surface area (Å²) < 4.78 is 24.4. The van der Waals surface area contributed by atoms with Gasteiger partial charge in [-0.3, -0.25) is 4.99 Å². The molecule has 0 aromatic carbocycles. The lowest BCUT2D eigenvalue weighted by atomic mass is 10.1. The fourth-order valence-corrected chi connectivity index (χ4v) is 2.49. The Morgan fingerprint density at radius 2 is 1.55 bits per heavy atom. The molecule has 0 radical (unpaired) electrons. The first-order valence-corrected chi connectivity index (χ1v) is 10.4. The third kappa shape index (κ3) is 15.6. The fourth-order valence-electron chi connectivity index (χ4n) is 2.02. The Morgan fingerprint density at radius 1 is 0.909 bits per heavy atom. The maximum atomic E-state index is 11.0. The molecule has 3 N–H and O–H groups in total. The maximum absolute atomic E-state index is 11.0. The molecule has 0 saturated heterocycles. The smallest absolute Gasteiger partial charge is 0.208 e.